The Bertz CT molecular complexity index is 456. The fourth-order valence-electron chi connectivity index (χ4n) is 2.25. The number of rotatable bonds is 3. The van der Waals surface area contributed by atoms with Crippen molar-refractivity contribution in [2.75, 3.05) is 0 Å². The van der Waals surface area contributed by atoms with Crippen molar-refractivity contribution < 1.29 is 9.90 Å². The Labute approximate surface area is 118 Å². The van der Waals surface area contributed by atoms with Crippen LogP contribution in [0.1, 0.15) is 57.2 Å². The Balaban J connectivity index is 1.92. The van der Waals surface area contributed by atoms with Gasteiger partial charge in [0.05, 0.1) is 17.2 Å². The molecule has 1 amide bonds. The van der Waals surface area contributed by atoms with E-state index in [-0.39, 0.29) is 11.3 Å². The predicted octanol–water partition coefficient (Wildman–Crippen LogP) is 2.36. The minimum absolute atomic E-state index is 0.0383. The monoisotopic (exact) mass is 282 g/mol. The average Bonchev–Trinajstić information content (AvgIpc) is 2.94. The van der Waals surface area contributed by atoms with Crippen molar-refractivity contribution in [2.45, 2.75) is 64.0 Å². The van der Waals surface area contributed by atoms with Gasteiger partial charge in [-0.15, -0.1) is 11.3 Å². The molecular weight excluding hydrogens is 260 g/mol. The van der Waals surface area contributed by atoms with E-state index < -0.39 is 5.60 Å². The molecule has 2 N–H and O–H groups in total. The molecule has 1 aliphatic carbocycles. The second kappa shape index (κ2) is 5.21. The molecular formula is C14H22N2O2S. The molecule has 0 radical (unpaired) electrons. The summed E-state index contributed by atoms with van der Waals surface area (Å²) in [5, 5.41) is 16.0. The molecule has 1 saturated carbocycles. The Hall–Kier alpha value is -0.940. The smallest absolute Gasteiger partial charge is 0.252 e. The van der Waals surface area contributed by atoms with Crippen LogP contribution in [0.15, 0.2) is 5.38 Å². The number of hydrogen-bond acceptors (Lipinski definition) is 4. The average molecular weight is 282 g/mol. The van der Waals surface area contributed by atoms with Crippen molar-refractivity contribution >= 4 is 17.2 Å². The molecule has 19 heavy (non-hydrogen) atoms. The molecule has 0 atom stereocenters. The van der Waals surface area contributed by atoms with Crippen LogP contribution in [-0.4, -0.2) is 21.6 Å². The number of nitrogens with one attached hydrogen (secondary N) is 1. The molecule has 5 heteroatoms. The molecule has 0 aromatic carbocycles. The van der Waals surface area contributed by atoms with E-state index in [1.807, 2.05) is 5.38 Å². The van der Waals surface area contributed by atoms with Crippen molar-refractivity contribution in [3.63, 3.8) is 0 Å². The van der Waals surface area contributed by atoms with E-state index in [1.54, 1.807) is 11.3 Å². The van der Waals surface area contributed by atoms with Gasteiger partial charge in [-0.25, -0.2) is 4.98 Å². The van der Waals surface area contributed by atoms with Crippen LogP contribution in [0.5, 0.6) is 0 Å². The first-order chi connectivity index (χ1) is 8.81. The van der Waals surface area contributed by atoms with E-state index in [1.165, 1.54) is 0 Å². The van der Waals surface area contributed by atoms with Gasteiger partial charge in [-0.05, 0) is 25.7 Å². The fraction of sp³-hybridized carbons (Fsp3) is 0.714. The maximum absolute atomic E-state index is 12.0. The second-order valence-electron chi connectivity index (χ2n) is 6.32. The summed E-state index contributed by atoms with van der Waals surface area (Å²) in [6.07, 6.45) is 3.00. The van der Waals surface area contributed by atoms with Crippen LogP contribution in [0.4, 0.5) is 0 Å². The van der Waals surface area contributed by atoms with E-state index in [9.17, 15) is 9.90 Å². The Morgan fingerprint density at radius 3 is 2.63 bits per heavy atom. The maximum Gasteiger partial charge on any atom is 0.252 e. The summed E-state index contributed by atoms with van der Waals surface area (Å²) in [6, 6.07) is 0. The first kappa shape index (κ1) is 14.5. The summed E-state index contributed by atoms with van der Waals surface area (Å²) in [7, 11) is 0. The van der Waals surface area contributed by atoms with Crippen molar-refractivity contribution in [3.8, 4) is 0 Å². The van der Waals surface area contributed by atoms with Gasteiger partial charge >= 0.3 is 0 Å². The first-order valence-corrected chi connectivity index (χ1v) is 7.65. The van der Waals surface area contributed by atoms with Gasteiger partial charge in [0.15, 0.2) is 0 Å². The third-order valence-corrected chi connectivity index (χ3v) is 4.79. The van der Waals surface area contributed by atoms with Crippen LogP contribution in [0.25, 0.3) is 0 Å². The summed E-state index contributed by atoms with van der Waals surface area (Å²) in [4.78, 5) is 16.5. The summed E-state index contributed by atoms with van der Waals surface area (Å²) in [5.41, 5.74) is -0.246. The van der Waals surface area contributed by atoms with Crippen LogP contribution in [-0.2, 0) is 16.8 Å². The summed E-state index contributed by atoms with van der Waals surface area (Å²) >= 11 is 1.61. The van der Waals surface area contributed by atoms with E-state index in [0.29, 0.717) is 19.4 Å². The molecule has 2 rings (SSSR count). The Morgan fingerprint density at radius 1 is 1.47 bits per heavy atom. The van der Waals surface area contributed by atoms with E-state index >= 15 is 0 Å². The van der Waals surface area contributed by atoms with Crippen LogP contribution in [0, 0.1) is 0 Å². The lowest BCUT2D eigenvalue weighted by Gasteiger charge is -2.20. The van der Waals surface area contributed by atoms with Crippen molar-refractivity contribution in [3.05, 3.63) is 16.1 Å². The highest BCUT2D eigenvalue weighted by Crippen LogP contribution is 2.30. The molecule has 0 aliphatic heterocycles. The highest BCUT2D eigenvalue weighted by molar-refractivity contribution is 7.09. The van der Waals surface area contributed by atoms with Crippen LogP contribution in [0.2, 0.25) is 0 Å². The SMILES string of the molecule is CC(C)(C)c1nc(CNC(=O)C2(O)CCCC2)cs1. The largest absolute Gasteiger partial charge is 0.380 e. The molecule has 1 aromatic rings. The molecule has 4 nitrogen and oxygen atoms in total. The number of carbonyl (C=O) groups excluding carboxylic acids is 1. The molecule has 0 spiro atoms. The summed E-state index contributed by atoms with van der Waals surface area (Å²) < 4.78 is 0. The molecule has 1 fully saturated rings. The topological polar surface area (TPSA) is 62.2 Å². The molecule has 106 valence electrons. The van der Waals surface area contributed by atoms with Gasteiger partial charge in [0.2, 0.25) is 0 Å². The van der Waals surface area contributed by atoms with E-state index in [4.69, 9.17) is 0 Å². The predicted molar refractivity (Wildman–Crippen MR) is 76.1 cm³/mol. The maximum atomic E-state index is 12.0. The van der Waals surface area contributed by atoms with Gasteiger partial charge in [-0.2, -0.15) is 0 Å². The van der Waals surface area contributed by atoms with Gasteiger partial charge in [-0.3, -0.25) is 4.79 Å². The zero-order chi connectivity index (χ0) is 14.1. The van der Waals surface area contributed by atoms with E-state index in [2.05, 4.69) is 31.1 Å². The van der Waals surface area contributed by atoms with Crippen LogP contribution < -0.4 is 5.32 Å². The lowest BCUT2D eigenvalue weighted by Crippen LogP contribution is -2.44. The van der Waals surface area contributed by atoms with Crippen molar-refractivity contribution in [1.82, 2.24) is 10.3 Å². The molecule has 0 bridgehead atoms. The van der Waals surface area contributed by atoms with Gasteiger partial charge in [0, 0.05) is 10.8 Å². The molecule has 0 saturated heterocycles. The van der Waals surface area contributed by atoms with Crippen molar-refractivity contribution in [1.29, 1.82) is 0 Å². The molecule has 1 heterocycles. The number of thiazole rings is 1. The summed E-state index contributed by atoms with van der Waals surface area (Å²) in [6.45, 7) is 6.76. The third kappa shape index (κ3) is 3.34. The number of aliphatic hydroxyl groups is 1. The Morgan fingerprint density at radius 2 is 2.11 bits per heavy atom. The van der Waals surface area contributed by atoms with Crippen LogP contribution in [0.3, 0.4) is 0 Å². The molecule has 0 unspecified atom stereocenters. The third-order valence-electron chi connectivity index (χ3n) is 3.48. The normalized spacial score (nSPS) is 18.5. The minimum Gasteiger partial charge on any atom is -0.380 e. The molecule has 1 aromatic heterocycles. The van der Waals surface area contributed by atoms with Gasteiger partial charge in [0.1, 0.15) is 5.60 Å². The zero-order valence-electron chi connectivity index (χ0n) is 11.8. The highest BCUT2D eigenvalue weighted by atomic mass is 32.1. The standard InChI is InChI=1S/C14H22N2O2S/c1-13(2,3)12-16-10(9-19-12)8-15-11(17)14(18)6-4-5-7-14/h9,18H,4-8H2,1-3H3,(H,15,17). The number of carbonyl (C=O) groups is 1. The fourth-order valence-corrected chi connectivity index (χ4v) is 3.16. The number of nitrogens with zero attached hydrogens (tertiary/aromatic N) is 1. The Kier molecular flexibility index (Phi) is 3.97. The lowest BCUT2D eigenvalue weighted by molar-refractivity contribution is -0.139. The second-order valence-corrected chi connectivity index (χ2v) is 7.17. The lowest BCUT2D eigenvalue weighted by atomic mass is 9.98. The number of amides is 1. The van der Waals surface area contributed by atoms with Crippen LogP contribution >= 0.6 is 11.3 Å². The summed E-state index contributed by atoms with van der Waals surface area (Å²) in [5.74, 6) is -0.254. The number of aromatic nitrogens is 1. The van der Waals surface area contributed by atoms with Crippen molar-refractivity contribution in [2.24, 2.45) is 0 Å². The van der Waals surface area contributed by atoms with Gasteiger partial charge in [0.25, 0.3) is 5.91 Å². The molecule has 1 aliphatic rings. The van der Waals surface area contributed by atoms with Gasteiger partial charge < -0.3 is 10.4 Å². The zero-order valence-corrected chi connectivity index (χ0v) is 12.6. The van der Waals surface area contributed by atoms with Gasteiger partial charge in [-0.1, -0.05) is 20.8 Å². The first-order valence-electron chi connectivity index (χ1n) is 6.77. The van der Waals surface area contributed by atoms with E-state index in [0.717, 1.165) is 23.5 Å². The quantitative estimate of drug-likeness (QED) is 0.894. The highest BCUT2D eigenvalue weighted by Gasteiger charge is 2.38. The number of hydrogen-bond donors (Lipinski definition) is 2. The minimum atomic E-state index is -1.15.